The van der Waals surface area contributed by atoms with Gasteiger partial charge in [0, 0.05) is 11.6 Å². The molecule has 2 aromatic carbocycles. The summed E-state index contributed by atoms with van der Waals surface area (Å²) in [6.07, 6.45) is 0.783. The Morgan fingerprint density at radius 3 is 2.10 bits per heavy atom. The van der Waals surface area contributed by atoms with Crippen LogP contribution in [0.5, 0.6) is 0 Å². The number of carbonyl (C=O) groups is 1. The zero-order chi connectivity index (χ0) is 14.4. The third kappa shape index (κ3) is 3.55. The lowest BCUT2D eigenvalue weighted by Gasteiger charge is -2.21. The van der Waals surface area contributed by atoms with E-state index in [1.807, 2.05) is 55.5 Å². The van der Waals surface area contributed by atoms with Gasteiger partial charge in [0.1, 0.15) is 0 Å². The van der Waals surface area contributed by atoms with Crippen molar-refractivity contribution in [2.75, 3.05) is 0 Å². The van der Waals surface area contributed by atoms with Crippen molar-refractivity contribution in [3.8, 4) is 0 Å². The molecule has 0 aromatic heterocycles. The van der Waals surface area contributed by atoms with Crippen LogP contribution < -0.4 is 5.32 Å². The summed E-state index contributed by atoms with van der Waals surface area (Å²) in [4.78, 5) is 12.5. The van der Waals surface area contributed by atoms with Crippen molar-refractivity contribution in [3.05, 3.63) is 71.8 Å². The van der Waals surface area contributed by atoms with Crippen molar-refractivity contribution >= 4 is 5.78 Å². The predicted octanol–water partition coefficient (Wildman–Crippen LogP) is 4.00. The smallest absolute Gasteiger partial charge is 0.179 e. The van der Waals surface area contributed by atoms with E-state index in [2.05, 4.69) is 24.4 Å². The average Bonchev–Trinajstić information content (AvgIpc) is 2.53. The highest BCUT2D eigenvalue weighted by atomic mass is 16.1. The Morgan fingerprint density at radius 1 is 1.00 bits per heavy atom. The summed E-state index contributed by atoms with van der Waals surface area (Å²) < 4.78 is 0. The molecule has 0 aliphatic rings. The second-order valence-corrected chi connectivity index (χ2v) is 4.99. The summed E-state index contributed by atoms with van der Waals surface area (Å²) in [7, 11) is 0. The molecule has 0 aliphatic heterocycles. The fourth-order valence-electron chi connectivity index (χ4n) is 2.32. The molecule has 2 atom stereocenters. The summed E-state index contributed by atoms with van der Waals surface area (Å²) in [5.41, 5.74) is 1.97. The van der Waals surface area contributed by atoms with Gasteiger partial charge in [-0.25, -0.2) is 0 Å². The predicted molar refractivity (Wildman–Crippen MR) is 82.8 cm³/mol. The third-order valence-electron chi connectivity index (χ3n) is 3.53. The number of carbonyl (C=O) groups excluding carboxylic acids is 1. The molecule has 2 heteroatoms. The molecule has 0 fully saturated rings. The van der Waals surface area contributed by atoms with Crippen molar-refractivity contribution in [2.24, 2.45) is 0 Å². The van der Waals surface area contributed by atoms with E-state index in [9.17, 15) is 4.79 Å². The van der Waals surface area contributed by atoms with Crippen molar-refractivity contribution in [3.63, 3.8) is 0 Å². The van der Waals surface area contributed by atoms with Crippen LogP contribution in [-0.4, -0.2) is 11.8 Å². The molecule has 0 radical (unpaired) electrons. The minimum Gasteiger partial charge on any atom is -0.301 e. The molecule has 0 saturated carbocycles. The number of hydrogen-bond donors (Lipinski definition) is 1. The van der Waals surface area contributed by atoms with Gasteiger partial charge in [-0.1, -0.05) is 67.6 Å². The van der Waals surface area contributed by atoms with E-state index in [-0.39, 0.29) is 17.9 Å². The number of hydrogen-bond acceptors (Lipinski definition) is 2. The number of ketones is 1. The molecule has 2 nitrogen and oxygen atoms in total. The summed E-state index contributed by atoms with van der Waals surface area (Å²) in [5, 5.41) is 3.43. The standard InChI is InChI=1S/C18H21NO/c1-3-17(18(20)16-12-8-5-9-13-16)19-14(2)15-10-6-4-7-11-15/h4-14,17,19H,3H2,1-2H3/t14-,17+/m1/s1. The van der Waals surface area contributed by atoms with Gasteiger partial charge in [0.25, 0.3) is 0 Å². The van der Waals surface area contributed by atoms with Crippen molar-refractivity contribution in [1.29, 1.82) is 0 Å². The molecule has 0 amide bonds. The monoisotopic (exact) mass is 267 g/mol. The van der Waals surface area contributed by atoms with Crippen LogP contribution in [0.3, 0.4) is 0 Å². The molecule has 2 rings (SSSR count). The summed E-state index contributed by atoms with van der Waals surface area (Å²) in [6.45, 7) is 4.13. The third-order valence-corrected chi connectivity index (χ3v) is 3.53. The molecule has 0 saturated heterocycles. The fraction of sp³-hybridized carbons (Fsp3) is 0.278. The van der Waals surface area contributed by atoms with Crippen molar-refractivity contribution in [1.82, 2.24) is 5.32 Å². The first kappa shape index (κ1) is 14.5. The van der Waals surface area contributed by atoms with Crippen molar-refractivity contribution < 1.29 is 4.79 Å². The maximum atomic E-state index is 12.5. The lowest BCUT2D eigenvalue weighted by Crippen LogP contribution is -2.37. The van der Waals surface area contributed by atoms with Gasteiger partial charge < -0.3 is 5.32 Å². The van der Waals surface area contributed by atoms with Crippen LogP contribution in [-0.2, 0) is 0 Å². The molecule has 1 N–H and O–H groups in total. The number of Topliss-reactive ketones (excluding diaryl/α,β-unsaturated/α-hetero) is 1. The molecule has 20 heavy (non-hydrogen) atoms. The van der Waals surface area contributed by atoms with Crippen LogP contribution in [0.15, 0.2) is 60.7 Å². The van der Waals surface area contributed by atoms with Gasteiger partial charge in [0.05, 0.1) is 6.04 Å². The van der Waals surface area contributed by atoms with E-state index in [0.29, 0.717) is 0 Å². The van der Waals surface area contributed by atoms with E-state index in [1.54, 1.807) is 0 Å². The minimum absolute atomic E-state index is 0.146. The molecule has 0 spiro atoms. The maximum Gasteiger partial charge on any atom is 0.179 e. The molecular formula is C18H21NO. The number of rotatable bonds is 6. The Balaban J connectivity index is 2.08. The first-order chi connectivity index (χ1) is 9.72. The number of benzene rings is 2. The van der Waals surface area contributed by atoms with Gasteiger partial charge in [-0.3, -0.25) is 4.79 Å². The Hall–Kier alpha value is -1.93. The molecule has 0 heterocycles. The molecule has 0 aliphatic carbocycles. The second kappa shape index (κ2) is 7.01. The topological polar surface area (TPSA) is 29.1 Å². The lowest BCUT2D eigenvalue weighted by molar-refractivity contribution is 0.0934. The van der Waals surface area contributed by atoms with Crippen LogP contribution in [0.2, 0.25) is 0 Å². The van der Waals surface area contributed by atoms with Crippen LogP contribution in [0.4, 0.5) is 0 Å². The molecule has 104 valence electrons. The van der Waals surface area contributed by atoms with Crippen LogP contribution in [0, 0.1) is 0 Å². The minimum atomic E-state index is -0.146. The van der Waals surface area contributed by atoms with E-state index in [4.69, 9.17) is 0 Å². The van der Waals surface area contributed by atoms with Gasteiger partial charge in [0.2, 0.25) is 0 Å². The SMILES string of the molecule is CC[C@H](N[C@H](C)c1ccccc1)C(=O)c1ccccc1. The quantitative estimate of drug-likeness (QED) is 0.802. The summed E-state index contributed by atoms with van der Waals surface area (Å²) in [6, 6.07) is 19.7. The highest BCUT2D eigenvalue weighted by Crippen LogP contribution is 2.15. The molecule has 0 unspecified atom stereocenters. The zero-order valence-corrected chi connectivity index (χ0v) is 12.0. The molecular weight excluding hydrogens is 246 g/mol. The summed E-state index contributed by atoms with van der Waals surface area (Å²) in [5.74, 6) is 0.163. The van der Waals surface area contributed by atoms with Gasteiger partial charge in [-0.2, -0.15) is 0 Å². The largest absolute Gasteiger partial charge is 0.301 e. The molecule has 0 bridgehead atoms. The van der Waals surface area contributed by atoms with E-state index in [1.165, 1.54) is 5.56 Å². The first-order valence-electron chi connectivity index (χ1n) is 7.12. The second-order valence-electron chi connectivity index (χ2n) is 4.99. The Kier molecular flexibility index (Phi) is 5.08. The van der Waals surface area contributed by atoms with Crippen molar-refractivity contribution in [2.45, 2.75) is 32.4 Å². The van der Waals surface area contributed by atoms with E-state index < -0.39 is 0 Å². The normalized spacial score (nSPS) is 13.7. The lowest BCUT2D eigenvalue weighted by atomic mass is 10.00. The fourth-order valence-corrected chi connectivity index (χ4v) is 2.32. The van der Waals surface area contributed by atoms with Gasteiger partial charge in [-0.15, -0.1) is 0 Å². The maximum absolute atomic E-state index is 12.5. The Morgan fingerprint density at radius 2 is 1.55 bits per heavy atom. The average molecular weight is 267 g/mol. The first-order valence-corrected chi connectivity index (χ1v) is 7.12. The molecule has 2 aromatic rings. The van der Waals surface area contributed by atoms with Gasteiger partial charge in [0.15, 0.2) is 5.78 Å². The highest BCUT2D eigenvalue weighted by Gasteiger charge is 2.20. The Bertz CT molecular complexity index is 536. The number of nitrogens with one attached hydrogen (secondary N) is 1. The zero-order valence-electron chi connectivity index (χ0n) is 12.0. The van der Waals surface area contributed by atoms with E-state index >= 15 is 0 Å². The summed E-state index contributed by atoms with van der Waals surface area (Å²) >= 11 is 0. The van der Waals surface area contributed by atoms with Gasteiger partial charge in [-0.05, 0) is 18.9 Å². The van der Waals surface area contributed by atoms with Crippen LogP contribution in [0.25, 0.3) is 0 Å². The van der Waals surface area contributed by atoms with Crippen LogP contribution in [0.1, 0.15) is 42.2 Å². The Labute approximate surface area is 120 Å². The van der Waals surface area contributed by atoms with Crippen LogP contribution >= 0.6 is 0 Å². The highest BCUT2D eigenvalue weighted by molar-refractivity contribution is 6.00. The van der Waals surface area contributed by atoms with Gasteiger partial charge >= 0.3 is 0 Å². The van der Waals surface area contributed by atoms with E-state index in [0.717, 1.165) is 12.0 Å².